The first-order valence-corrected chi connectivity index (χ1v) is 8.74. The van der Waals surface area contributed by atoms with Crippen LogP contribution in [0.5, 0.6) is 0 Å². The maximum absolute atomic E-state index is 12.5. The monoisotopic (exact) mass is 370 g/mol. The molecule has 0 aliphatic rings. The largest absolute Gasteiger partial charge is 0.362 e. The molecule has 0 aromatic heterocycles. The van der Waals surface area contributed by atoms with Gasteiger partial charge in [-0.05, 0) is 36.8 Å². The van der Waals surface area contributed by atoms with E-state index >= 15 is 0 Å². The highest BCUT2D eigenvalue weighted by atomic mass is 32.1. The van der Waals surface area contributed by atoms with Gasteiger partial charge in [0, 0.05) is 18.5 Å². The van der Waals surface area contributed by atoms with Gasteiger partial charge >= 0.3 is 0 Å². The first-order chi connectivity index (χ1) is 12.6. The summed E-state index contributed by atoms with van der Waals surface area (Å²) in [5.41, 5.74) is 6.60. The van der Waals surface area contributed by atoms with E-state index in [1.54, 1.807) is 24.3 Å². The van der Waals surface area contributed by atoms with Gasteiger partial charge in [0.05, 0.1) is 0 Å². The third-order valence-corrected chi connectivity index (χ3v) is 3.82. The maximum atomic E-state index is 12.5. The van der Waals surface area contributed by atoms with Gasteiger partial charge in [-0.25, -0.2) is 0 Å². The fourth-order valence-corrected chi connectivity index (χ4v) is 2.50. The van der Waals surface area contributed by atoms with E-state index in [1.807, 2.05) is 43.3 Å². The Labute approximate surface area is 158 Å². The number of hydrogen-bond acceptors (Lipinski definition) is 3. The molecule has 2 aromatic rings. The van der Waals surface area contributed by atoms with E-state index in [4.69, 9.17) is 12.2 Å². The van der Waals surface area contributed by atoms with Crippen LogP contribution in [-0.4, -0.2) is 29.5 Å². The summed E-state index contributed by atoms with van der Waals surface area (Å²) in [6.07, 6.45) is 0.362. The number of amides is 2. The second kappa shape index (κ2) is 10.1. The van der Waals surface area contributed by atoms with E-state index in [-0.39, 0.29) is 11.8 Å². The number of hydrogen-bond donors (Lipinski definition) is 4. The van der Waals surface area contributed by atoms with Crippen molar-refractivity contribution in [2.45, 2.75) is 19.4 Å². The van der Waals surface area contributed by atoms with Crippen LogP contribution in [0.2, 0.25) is 0 Å². The standard InChI is InChI=1S/C19H22N4O2S/c1-2-20-19(26)23-22-18(25)16(13-14-9-5-3-6-10-14)21-17(24)15-11-7-4-8-12-15/h3-12,16H,2,13H2,1H3,(H,21,24)(H,22,25)(H2,20,23,26)/t16-/m1/s1. The van der Waals surface area contributed by atoms with Crippen LogP contribution in [0.15, 0.2) is 60.7 Å². The second-order valence-electron chi connectivity index (χ2n) is 5.56. The van der Waals surface area contributed by atoms with Crippen molar-refractivity contribution < 1.29 is 9.59 Å². The van der Waals surface area contributed by atoms with E-state index in [0.717, 1.165) is 5.56 Å². The highest BCUT2D eigenvalue weighted by Crippen LogP contribution is 2.05. The Hall–Kier alpha value is -2.93. The minimum absolute atomic E-state index is 0.309. The van der Waals surface area contributed by atoms with Crippen molar-refractivity contribution in [1.82, 2.24) is 21.5 Å². The zero-order chi connectivity index (χ0) is 18.8. The molecular weight excluding hydrogens is 348 g/mol. The van der Waals surface area contributed by atoms with Crippen molar-refractivity contribution in [2.75, 3.05) is 6.54 Å². The lowest BCUT2D eigenvalue weighted by Gasteiger charge is -2.19. The normalized spacial score (nSPS) is 11.1. The predicted octanol–water partition coefficient (Wildman–Crippen LogP) is 1.54. The molecule has 2 aromatic carbocycles. The molecule has 0 aliphatic carbocycles. The Balaban J connectivity index is 2.06. The number of benzene rings is 2. The van der Waals surface area contributed by atoms with Crippen molar-refractivity contribution >= 4 is 29.1 Å². The summed E-state index contributed by atoms with van der Waals surface area (Å²) >= 11 is 5.03. The van der Waals surface area contributed by atoms with Crippen molar-refractivity contribution in [3.05, 3.63) is 71.8 Å². The molecular formula is C19H22N4O2S. The maximum Gasteiger partial charge on any atom is 0.261 e. The van der Waals surface area contributed by atoms with Crippen molar-refractivity contribution in [2.24, 2.45) is 0 Å². The van der Waals surface area contributed by atoms with E-state index in [0.29, 0.717) is 23.6 Å². The molecule has 0 aliphatic heterocycles. The summed E-state index contributed by atoms with van der Waals surface area (Å²) in [4.78, 5) is 25.0. The quantitative estimate of drug-likeness (QED) is 0.458. The van der Waals surface area contributed by atoms with Crippen LogP contribution in [0.25, 0.3) is 0 Å². The van der Waals surface area contributed by atoms with E-state index < -0.39 is 6.04 Å². The molecule has 0 unspecified atom stereocenters. The molecule has 2 rings (SSSR count). The molecule has 7 heteroatoms. The van der Waals surface area contributed by atoms with Crippen LogP contribution in [0, 0.1) is 0 Å². The SMILES string of the molecule is CCNC(=S)NNC(=O)[C@@H](Cc1ccccc1)NC(=O)c1ccccc1. The highest BCUT2D eigenvalue weighted by Gasteiger charge is 2.22. The van der Waals surface area contributed by atoms with Crippen LogP contribution in [0.1, 0.15) is 22.8 Å². The number of thiocarbonyl (C=S) groups is 1. The first kappa shape index (κ1) is 19.4. The summed E-state index contributed by atoms with van der Waals surface area (Å²) in [5.74, 6) is -0.686. The van der Waals surface area contributed by atoms with Crippen LogP contribution in [0.3, 0.4) is 0 Å². The smallest absolute Gasteiger partial charge is 0.261 e. The number of carbonyl (C=O) groups excluding carboxylic acids is 2. The van der Waals surface area contributed by atoms with Gasteiger partial charge in [0.25, 0.3) is 11.8 Å². The van der Waals surface area contributed by atoms with Crippen molar-refractivity contribution in [3.8, 4) is 0 Å². The highest BCUT2D eigenvalue weighted by molar-refractivity contribution is 7.80. The van der Waals surface area contributed by atoms with Crippen LogP contribution < -0.4 is 21.5 Å². The molecule has 0 spiro atoms. The van der Waals surface area contributed by atoms with Gasteiger partial charge in [0.2, 0.25) is 0 Å². The third-order valence-electron chi connectivity index (χ3n) is 3.58. The summed E-state index contributed by atoms with van der Waals surface area (Å²) in [6, 6.07) is 17.5. The molecule has 26 heavy (non-hydrogen) atoms. The van der Waals surface area contributed by atoms with Crippen molar-refractivity contribution in [3.63, 3.8) is 0 Å². The molecule has 0 fully saturated rings. The van der Waals surface area contributed by atoms with Gasteiger partial charge in [-0.2, -0.15) is 0 Å². The van der Waals surface area contributed by atoms with Gasteiger partial charge < -0.3 is 10.6 Å². The van der Waals surface area contributed by atoms with Crippen molar-refractivity contribution in [1.29, 1.82) is 0 Å². The summed E-state index contributed by atoms with van der Waals surface area (Å²) in [6.45, 7) is 2.54. The van der Waals surface area contributed by atoms with Crippen LogP contribution in [0.4, 0.5) is 0 Å². The zero-order valence-electron chi connectivity index (χ0n) is 14.5. The Morgan fingerprint density at radius 2 is 1.58 bits per heavy atom. The average Bonchev–Trinajstić information content (AvgIpc) is 2.67. The minimum atomic E-state index is -0.748. The number of nitrogens with one attached hydrogen (secondary N) is 4. The van der Waals surface area contributed by atoms with Gasteiger partial charge in [-0.1, -0.05) is 48.5 Å². The van der Waals surface area contributed by atoms with Gasteiger partial charge in [-0.15, -0.1) is 0 Å². The lowest BCUT2D eigenvalue weighted by Crippen LogP contribution is -2.54. The topological polar surface area (TPSA) is 82.3 Å². The zero-order valence-corrected chi connectivity index (χ0v) is 15.3. The fraction of sp³-hybridized carbons (Fsp3) is 0.211. The molecule has 6 nitrogen and oxygen atoms in total. The summed E-state index contributed by atoms with van der Waals surface area (Å²) in [5, 5.41) is 5.97. The minimum Gasteiger partial charge on any atom is -0.362 e. The Bertz CT molecular complexity index is 738. The molecule has 4 N–H and O–H groups in total. The molecule has 0 radical (unpaired) electrons. The van der Waals surface area contributed by atoms with Gasteiger partial charge in [-0.3, -0.25) is 20.4 Å². The third kappa shape index (κ3) is 6.18. The van der Waals surface area contributed by atoms with Gasteiger partial charge in [0.1, 0.15) is 6.04 Å². The number of carbonyl (C=O) groups is 2. The van der Waals surface area contributed by atoms with E-state index in [1.165, 1.54) is 0 Å². The molecule has 0 bridgehead atoms. The van der Waals surface area contributed by atoms with E-state index in [2.05, 4.69) is 21.5 Å². The number of rotatable bonds is 6. The molecule has 0 heterocycles. The van der Waals surface area contributed by atoms with Crippen LogP contribution >= 0.6 is 12.2 Å². The predicted molar refractivity (Wildman–Crippen MR) is 105 cm³/mol. The Morgan fingerprint density at radius 1 is 0.962 bits per heavy atom. The molecule has 0 saturated carbocycles. The first-order valence-electron chi connectivity index (χ1n) is 8.33. The average molecular weight is 370 g/mol. The molecule has 1 atom stereocenters. The van der Waals surface area contributed by atoms with Crippen LogP contribution in [-0.2, 0) is 11.2 Å². The molecule has 0 saturated heterocycles. The summed E-state index contributed by atoms with van der Waals surface area (Å²) in [7, 11) is 0. The van der Waals surface area contributed by atoms with Gasteiger partial charge in [0.15, 0.2) is 5.11 Å². The van der Waals surface area contributed by atoms with E-state index in [9.17, 15) is 9.59 Å². The summed E-state index contributed by atoms with van der Waals surface area (Å²) < 4.78 is 0. The lowest BCUT2D eigenvalue weighted by atomic mass is 10.0. The Morgan fingerprint density at radius 3 is 2.19 bits per heavy atom. The number of hydrazine groups is 1. The fourth-order valence-electron chi connectivity index (χ4n) is 2.30. The Kier molecular flexibility index (Phi) is 7.57. The molecule has 2 amide bonds. The lowest BCUT2D eigenvalue weighted by molar-refractivity contribution is -0.123. The molecule has 136 valence electrons. The second-order valence-corrected chi connectivity index (χ2v) is 5.96.